The van der Waals surface area contributed by atoms with E-state index in [0.29, 0.717) is 35.6 Å². The maximum Gasteiger partial charge on any atom is 0.200 e. The summed E-state index contributed by atoms with van der Waals surface area (Å²) in [6.07, 6.45) is 2.60. The van der Waals surface area contributed by atoms with Crippen molar-refractivity contribution in [1.29, 1.82) is 0 Å². The highest BCUT2D eigenvalue weighted by atomic mass is 35.5. The highest BCUT2D eigenvalue weighted by Crippen LogP contribution is 2.41. The van der Waals surface area contributed by atoms with Crippen LogP contribution in [0.4, 0.5) is 8.78 Å². The molecule has 0 unspecified atom stereocenters. The Morgan fingerprint density at radius 1 is 1.18 bits per heavy atom. The van der Waals surface area contributed by atoms with Gasteiger partial charge < -0.3 is 23.7 Å². The number of hydrogen-bond donors (Lipinski definition) is 0. The first-order valence-electron chi connectivity index (χ1n) is 11.0. The van der Waals surface area contributed by atoms with Gasteiger partial charge in [0, 0.05) is 43.6 Å². The number of methoxy groups -OCH3 is 2. The molecule has 8 heteroatoms. The molecule has 5 nitrogen and oxygen atoms in total. The molecule has 0 radical (unpaired) electrons. The lowest BCUT2D eigenvalue weighted by atomic mass is 9.90. The van der Waals surface area contributed by atoms with Gasteiger partial charge in [-0.15, -0.1) is 0 Å². The molecule has 1 fully saturated rings. The van der Waals surface area contributed by atoms with Crippen molar-refractivity contribution < 1.29 is 32.5 Å². The standard InChI is InChI=1S/C25H29ClF2O5/c1-4-5-10-32-19-13-20(15-29)33-25(14-19,31-3)18-7-8-21(26)17(12-18)11-16-6-9-22(30-2)24(28)23(16)27/h6-9,12,15,19-20H,4-5,10-11,13-14H2,1-3H3/t19-,20-,25+/m0/s1. The van der Waals surface area contributed by atoms with Crippen LogP contribution in [0.25, 0.3) is 0 Å². The van der Waals surface area contributed by atoms with Gasteiger partial charge in [-0.1, -0.05) is 37.1 Å². The van der Waals surface area contributed by atoms with Crippen LogP contribution < -0.4 is 4.74 Å². The second kappa shape index (κ2) is 11.4. The van der Waals surface area contributed by atoms with Crippen molar-refractivity contribution in [3.05, 3.63) is 63.7 Å². The van der Waals surface area contributed by atoms with Crippen LogP contribution in [0, 0.1) is 11.6 Å². The van der Waals surface area contributed by atoms with Gasteiger partial charge in [0.05, 0.1) is 13.2 Å². The Hall–Kier alpha value is -2.06. The molecule has 0 aromatic heterocycles. The van der Waals surface area contributed by atoms with Gasteiger partial charge >= 0.3 is 0 Å². The van der Waals surface area contributed by atoms with Gasteiger partial charge in [0.2, 0.25) is 5.82 Å². The number of halogens is 3. The monoisotopic (exact) mass is 482 g/mol. The fourth-order valence-electron chi connectivity index (χ4n) is 4.04. The van der Waals surface area contributed by atoms with Crippen LogP contribution in [0.5, 0.6) is 5.75 Å². The molecule has 1 aliphatic rings. The molecule has 0 aliphatic carbocycles. The maximum absolute atomic E-state index is 14.6. The Bertz CT molecular complexity index is 970. The summed E-state index contributed by atoms with van der Waals surface area (Å²) in [6.45, 7) is 2.66. The molecule has 1 aliphatic heterocycles. The van der Waals surface area contributed by atoms with E-state index in [1.54, 1.807) is 18.2 Å². The van der Waals surface area contributed by atoms with Gasteiger partial charge in [0.1, 0.15) is 12.4 Å². The number of aldehydes is 1. The highest BCUT2D eigenvalue weighted by molar-refractivity contribution is 6.31. The van der Waals surface area contributed by atoms with Crippen LogP contribution in [0.15, 0.2) is 30.3 Å². The predicted octanol–water partition coefficient (Wildman–Crippen LogP) is 5.58. The van der Waals surface area contributed by atoms with Crippen LogP contribution in [-0.2, 0) is 31.2 Å². The summed E-state index contributed by atoms with van der Waals surface area (Å²) in [5.41, 5.74) is 1.32. The Labute approximate surface area is 197 Å². The maximum atomic E-state index is 14.6. The zero-order valence-electron chi connectivity index (χ0n) is 19.0. The Kier molecular flexibility index (Phi) is 8.82. The molecule has 2 aromatic carbocycles. The number of ether oxygens (including phenoxy) is 4. The predicted molar refractivity (Wildman–Crippen MR) is 121 cm³/mol. The Morgan fingerprint density at radius 3 is 2.64 bits per heavy atom. The van der Waals surface area contributed by atoms with E-state index in [1.807, 2.05) is 0 Å². The van der Waals surface area contributed by atoms with Gasteiger partial charge in [0.15, 0.2) is 17.4 Å². The first-order valence-corrected chi connectivity index (χ1v) is 11.3. The van der Waals surface area contributed by atoms with E-state index in [1.165, 1.54) is 26.4 Å². The van der Waals surface area contributed by atoms with Crippen LogP contribution in [-0.4, -0.2) is 39.3 Å². The first-order chi connectivity index (χ1) is 15.9. The SMILES string of the molecule is CCCCO[C@H]1C[C@@H](C=O)O[C@@](OC)(c2ccc(Cl)c(Cc3ccc(OC)c(F)c3F)c2)C1. The van der Waals surface area contributed by atoms with Crippen molar-refractivity contribution >= 4 is 17.9 Å². The summed E-state index contributed by atoms with van der Waals surface area (Å²) in [5, 5.41) is 0.388. The molecule has 0 amide bonds. The van der Waals surface area contributed by atoms with E-state index in [-0.39, 0.29) is 23.8 Å². The third kappa shape index (κ3) is 5.72. The van der Waals surface area contributed by atoms with Crippen molar-refractivity contribution in [1.82, 2.24) is 0 Å². The molecular weight excluding hydrogens is 454 g/mol. The lowest BCUT2D eigenvalue weighted by Gasteiger charge is -2.42. The minimum absolute atomic E-state index is 0.0484. The van der Waals surface area contributed by atoms with Crippen molar-refractivity contribution in [2.75, 3.05) is 20.8 Å². The van der Waals surface area contributed by atoms with Crippen LogP contribution in [0.1, 0.15) is 49.3 Å². The molecule has 3 atom stereocenters. The molecule has 2 aromatic rings. The summed E-state index contributed by atoms with van der Waals surface area (Å²) < 4.78 is 51.4. The minimum atomic E-state index is -1.23. The molecule has 1 saturated heterocycles. The van der Waals surface area contributed by atoms with Crippen LogP contribution in [0.2, 0.25) is 5.02 Å². The van der Waals surface area contributed by atoms with Gasteiger partial charge in [-0.2, -0.15) is 4.39 Å². The molecule has 180 valence electrons. The molecule has 0 N–H and O–H groups in total. The molecular formula is C25H29ClF2O5. The summed E-state index contributed by atoms with van der Waals surface area (Å²) in [7, 11) is 2.78. The average molecular weight is 483 g/mol. The minimum Gasteiger partial charge on any atom is -0.494 e. The summed E-state index contributed by atoms with van der Waals surface area (Å²) in [6, 6.07) is 7.98. The van der Waals surface area contributed by atoms with Crippen molar-refractivity contribution in [2.24, 2.45) is 0 Å². The van der Waals surface area contributed by atoms with Crippen LogP contribution >= 0.6 is 11.6 Å². The summed E-state index contributed by atoms with van der Waals surface area (Å²) >= 11 is 6.39. The number of rotatable bonds is 10. The summed E-state index contributed by atoms with van der Waals surface area (Å²) in [5.74, 6) is -3.44. The molecule has 0 bridgehead atoms. The van der Waals surface area contributed by atoms with E-state index >= 15 is 0 Å². The highest BCUT2D eigenvalue weighted by Gasteiger charge is 2.44. The first kappa shape index (κ1) is 25.6. The molecule has 0 spiro atoms. The average Bonchev–Trinajstić information content (AvgIpc) is 2.83. The van der Waals surface area contributed by atoms with Crippen molar-refractivity contribution in [3.63, 3.8) is 0 Å². The van der Waals surface area contributed by atoms with Gasteiger partial charge in [-0.3, -0.25) is 0 Å². The molecule has 0 saturated carbocycles. The second-order valence-corrected chi connectivity index (χ2v) is 8.48. The van der Waals surface area contributed by atoms with Gasteiger partial charge in [-0.05, 0) is 35.7 Å². The number of unbranched alkanes of at least 4 members (excludes halogenated alkanes) is 1. The molecule has 3 rings (SSSR count). The third-order valence-corrected chi connectivity index (χ3v) is 6.25. The fraction of sp³-hybridized carbons (Fsp3) is 0.480. The van der Waals surface area contributed by atoms with Gasteiger partial charge in [-0.25, -0.2) is 4.39 Å². The smallest absolute Gasteiger partial charge is 0.200 e. The molecule has 1 heterocycles. The number of hydrogen-bond acceptors (Lipinski definition) is 5. The topological polar surface area (TPSA) is 54.0 Å². The Balaban J connectivity index is 1.92. The Morgan fingerprint density at radius 2 is 1.97 bits per heavy atom. The van der Waals surface area contributed by atoms with E-state index in [9.17, 15) is 13.6 Å². The zero-order chi connectivity index (χ0) is 24.0. The van der Waals surface area contributed by atoms with Crippen molar-refractivity contribution in [3.8, 4) is 5.75 Å². The lowest BCUT2D eigenvalue weighted by molar-refractivity contribution is -0.290. The fourth-order valence-corrected chi connectivity index (χ4v) is 4.23. The summed E-state index contributed by atoms with van der Waals surface area (Å²) in [4.78, 5) is 11.6. The number of benzene rings is 2. The third-order valence-electron chi connectivity index (χ3n) is 5.88. The largest absolute Gasteiger partial charge is 0.494 e. The van der Waals surface area contributed by atoms with E-state index in [2.05, 4.69) is 6.92 Å². The quantitative estimate of drug-likeness (QED) is 0.327. The van der Waals surface area contributed by atoms with E-state index < -0.39 is 23.5 Å². The van der Waals surface area contributed by atoms with Gasteiger partial charge in [0.25, 0.3) is 0 Å². The van der Waals surface area contributed by atoms with Crippen LogP contribution in [0.3, 0.4) is 0 Å². The van der Waals surface area contributed by atoms with Crippen molar-refractivity contribution in [2.45, 2.75) is 57.0 Å². The van der Waals surface area contributed by atoms with E-state index in [4.69, 9.17) is 30.5 Å². The van der Waals surface area contributed by atoms with E-state index in [0.717, 1.165) is 19.1 Å². The number of carbonyl (C=O) groups excluding carboxylic acids is 1. The zero-order valence-corrected chi connectivity index (χ0v) is 19.8. The second-order valence-electron chi connectivity index (χ2n) is 8.07. The molecule has 33 heavy (non-hydrogen) atoms. The lowest BCUT2D eigenvalue weighted by Crippen LogP contribution is -2.47. The normalized spacial score (nSPS) is 22.8. The number of carbonyl (C=O) groups is 1.